The number of para-hydroxylation sites is 1. The van der Waals surface area contributed by atoms with E-state index in [1.165, 1.54) is 13.2 Å². The zero-order chi connectivity index (χ0) is 31.6. The molecule has 3 aliphatic rings. The van der Waals surface area contributed by atoms with E-state index in [2.05, 4.69) is 19.4 Å². The number of carbonyl (C=O) groups excluding carboxylic acids is 1. The summed E-state index contributed by atoms with van der Waals surface area (Å²) in [5.74, 6) is -0.189. The van der Waals surface area contributed by atoms with E-state index < -0.39 is 11.6 Å². The Morgan fingerprint density at radius 1 is 1.15 bits per heavy atom. The minimum atomic E-state index is -1.35. The molecule has 46 heavy (non-hydrogen) atoms. The van der Waals surface area contributed by atoms with Gasteiger partial charge in [0.25, 0.3) is 5.79 Å². The highest BCUT2D eigenvalue weighted by molar-refractivity contribution is 7.09. The summed E-state index contributed by atoms with van der Waals surface area (Å²) in [4.78, 5) is 27.5. The van der Waals surface area contributed by atoms with Crippen LogP contribution >= 0.6 is 11.3 Å². The Morgan fingerprint density at radius 2 is 2.04 bits per heavy atom. The van der Waals surface area contributed by atoms with Crippen molar-refractivity contribution in [3.63, 3.8) is 0 Å². The summed E-state index contributed by atoms with van der Waals surface area (Å²) in [7, 11) is 1.38. The fourth-order valence-corrected chi connectivity index (χ4v) is 7.32. The van der Waals surface area contributed by atoms with Crippen molar-refractivity contribution in [2.75, 3.05) is 25.1 Å². The number of hydrogen-bond donors (Lipinski definition) is 0. The molecule has 2 aliphatic heterocycles. The van der Waals surface area contributed by atoms with Gasteiger partial charge in [0.15, 0.2) is 11.5 Å². The molecule has 10 nitrogen and oxygen atoms in total. The number of hydrogen-bond acceptors (Lipinski definition) is 10. The standard InChI is InChI=1S/C34H29FN6O4S/c1-34(23-8-6-20(15-36)12-24(23)35)44-30-5-3-4-26(32(30)45-34)40-11-10-39(28-14-29(28)40)18-31-38-25-9-7-21(33(42)43-2)13-27(25)41(31)17-22-16-37-19-46-22/h3-9,12-13,16,19,28-29H,10-11,14,17-18H2,1-2H3. The second kappa shape index (κ2) is 10.8. The van der Waals surface area contributed by atoms with E-state index in [4.69, 9.17) is 24.5 Å². The van der Waals surface area contributed by atoms with Gasteiger partial charge in [-0.15, -0.1) is 11.3 Å². The molecule has 0 bridgehead atoms. The molecule has 0 amide bonds. The second-order valence-corrected chi connectivity index (χ2v) is 12.8. The lowest BCUT2D eigenvalue weighted by atomic mass is 10.0. The van der Waals surface area contributed by atoms with E-state index in [1.54, 1.807) is 36.5 Å². The lowest BCUT2D eigenvalue weighted by Crippen LogP contribution is -2.46. The summed E-state index contributed by atoms with van der Waals surface area (Å²) in [6.45, 7) is 4.56. The van der Waals surface area contributed by atoms with Gasteiger partial charge in [0.2, 0.25) is 0 Å². The van der Waals surface area contributed by atoms with Gasteiger partial charge in [-0.3, -0.25) is 9.88 Å². The van der Waals surface area contributed by atoms with Gasteiger partial charge >= 0.3 is 5.97 Å². The SMILES string of the molecule is COC(=O)c1ccc2nc(CN3CCN(c4cccc5c4OC(C)(c4ccc(C#N)cc4F)O5)C4CC43)n(Cc3cncs3)c2c1. The van der Waals surface area contributed by atoms with Crippen LogP contribution in [0.1, 0.15) is 45.5 Å². The highest BCUT2D eigenvalue weighted by Crippen LogP contribution is 2.52. The number of anilines is 1. The van der Waals surface area contributed by atoms with E-state index >= 15 is 4.39 Å². The summed E-state index contributed by atoms with van der Waals surface area (Å²) < 4.78 is 34.8. The summed E-state index contributed by atoms with van der Waals surface area (Å²) in [5.41, 5.74) is 5.43. The fourth-order valence-electron chi connectivity index (χ4n) is 6.73. The molecule has 1 aliphatic carbocycles. The fraction of sp³-hybridized carbons (Fsp3) is 0.294. The maximum absolute atomic E-state index is 15.0. The molecule has 8 rings (SSSR count). The van der Waals surface area contributed by atoms with Gasteiger partial charge in [-0.1, -0.05) is 6.07 Å². The van der Waals surface area contributed by atoms with Crippen molar-refractivity contribution >= 4 is 34.0 Å². The Morgan fingerprint density at radius 3 is 2.83 bits per heavy atom. The van der Waals surface area contributed by atoms with Crippen LogP contribution in [0.2, 0.25) is 0 Å². The number of ether oxygens (including phenoxy) is 3. The number of methoxy groups -OCH3 is 1. The number of fused-ring (bicyclic) bond motifs is 3. The van der Waals surface area contributed by atoms with E-state index in [0.717, 1.165) is 46.9 Å². The Balaban J connectivity index is 1.04. The topological polar surface area (TPSA) is 106 Å². The maximum atomic E-state index is 15.0. The zero-order valence-corrected chi connectivity index (χ0v) is 26.0. The normalized spacial score (nSPS) is 21.7. The maximum Gasteiger partial charge on any atom is 0.337 e. The monoisotopic (exact) mass is 636 g/mol. The number of carbonyl (C=O) groups is 1. The summed E-state index contributed by atoms with van der Waals surface area (Å²) >= 11 is 1.59. The second-order valence-electron chi connectivity index (χ2n) is 11.9. The van der Waals surface area contributed by atoms with Crippen molar-refractivity contribution < 1.29 is 23.4 Å². The van der Waals surface area contributed by atoms with Crippen LogP contribution in [0.5, 0.6) is 11.5 Å². The highest BCUT2D eigenvalue weighted by Gasteiger charge is 2.51. The third-order valence-electron chi connectivity index (χ3n) is 9.07. The van der Waals surface area contributed by atoms with Crippen molar-refractivity contribution in [2.24, 2.45) is 0 Å². The Hall–Kier alpha value is -4.99. The summed E-state index contributed by atoms with van der Waals surface area (Å²) in [6.07, 6.45) is 2.86. The van der Waals surface area contributed by atoms with Crippen molar-refractivity contribution in [3.05, 3.63) is 99.5 Å². The largest absolute Gasteiger partial charge is 0.465 e. The van der Waals surface area contributed by atoms with Crippen LogP contribution in [-0.4, -0.2) is 57.7 Å². The molecule has 0 radical (unpaired) electrons. The molecule has 0 N–H and O–H groups in total. The first-order valence-corrected chi connectivity index (χ1v) is 15.9. The van der Waals surface area contributed by atoms with Gasteiger partial charge in [0, 0.05) is 43.2 Å². The molecule has 1 saturated carbocycles. The van der Waals surface area contributed by atoms with Crippen molar-refractivity contribution in [2.45, 2.75) is 44.3 Å². The van der Waals surface area contributed by atoms with Gasteiger partial charge in [-0.05, 0) is 55.0 Å². The van der Waals surface area contributed by atoms with Crippen molar-refractivity contribution in [1.82, 2.24) is 19.4 Å². The number of nitrogens with zero attached hydrogens (tertiary/aromatic N) is 6. The number of imidazole rings is 1. The average molecular weight is 637 g/mol. The van der Waals surface area contributed by atoms with E-state index in [-0.39, 0.29) is 23.1 Å². The number of aromatic nitrogens is 3. The molecule has 232 valence electrons. The molecule has 2 aromatic heterocycles. The van der Waals surface area contributed by atoms with E-state index in [0.29, 0.717) is 36.2 Å². The molecule has 3 unspecified atom stereocenters. The number of halogens is 1. The number of nitriles is 1. The summed E-state index contributed by atoms with van der Waals surface area (Å²) in [5, 5.41) is 9.16. The zero-order valence-electron chi connectivity index (χ0n) is 25.1. The van der Waals surface area contributed by atoms with Crippen LogP contribution in [0.4, 0.5) is 10.1 Å². The highest BCUT2D eigenvalue weighted by atomic mass is 32.1. The van der Waals surface area contributed by atoms with Crippen LogP contribution in [0, 0.1) is 17.1 Å². The van der Waals surface area contributed by atoms with Gasteiger partial charge in [-0.2, -0.15) is 5.26 Å². The Kier molecular flexibility index (Phi) is 6.70. The molecular formula is C34H29FN6O4S. The molecule has 4 heterocycles. The predicted octanol–water partition coefficient (Wildman–Crippen LogP) is 5.45. The van der Waals surface area contributed by atoms with Crippen molar-refractivity contribution in [1.29, 1.82) is 5.26 Å². The van der Waals surface area contributed by atoms with Crippen LogP contribution in [0.3, 0.4) is 0 Å². The van der Waals surface area contributed by atoms with Crippen LogP contribution in [0.15, 0.2) is 66.3 Å². The van der Waals surface area contributed by atoms with Gasteiger partial charge in [-0.25, -0.2) is 14.2 Å². The molecule has 5 aromatic rings. The Labute approximate surface area is 268 Å². The minimum absolute atomic E-state index is 0.239. The van der Waals surface area contributed by atoms with Gasteiger partial charge < -0.3 is 23.7 Å². The third kappa shape index (κ3) is 4.74. The number of benzene rings is 3. The van der Waals surface area contributed by atoms with Gasteiger partial charge in [0.1, 0.15) is 11.6 Å². The van der Waals surface area contributed by atoms with E-state index in [9.17, 15) is 4.79 Å². The predicted molar refractivity (Wildman–Crippen MR) is 168 cm³/mol. The molecule has 2 fully saturated rings. The Bertz CT molecular complexity index is 2040. The molecule has 0 spiro atoms. The van der Waals surface area contributed by atoms with E-state index in [1.807, 2.05) is 48.1 Å². The smallest absolute Gasteiger partial charge is 0.337 e. The first-order valence-electron chi connectivity index (χ1n) is 15.0. The third-order valence-corrected chi connectivity index (χ3v) is 9.83. The quantitative estimate of drug-likeness (QED) is 0.216. The van der Waals surface area contributed by atoms with Crippen LogP contribution < -0.4 is 14.4 Å². The molecule has 3 aromatic carbocycles. The summed E-state index contributed by atoms with van der Waals surface area (Å²) in [6, 6.07) is 18.2. The molecule has 1 saturated heterocycles. The van der Waals surface area contributed by atoms with Crippen molar-refractivity contribution in [3.8, 4) is 17.6 Å². The average Bonchev–Trinajstić information content (AvgIpc) is 3.37. The molecule has 3 atom stereocenters. The lowest BCUT2D eigenvalue weighted by molar-refractivity contribution is -0.0705. The minimum Gasteiger partial charge on any atom is -0.465 e. The molecule has 12 heteroatoms. The molecular weight excluding hydrogens is 607 g/mol. The van der Waals surface area contributed by atoms with Crippen LogP contribution in [0.25, 0.3) is 11.0 Å². The van der Waals surface area contributed by atoms with Gasteiger partial charge in [0.05, 0.1) is 65.2 Å². The number of rotatable bonds is 7. The number of thiazole rings is 1. The first kappa shape index (κ1) is 28.5. The first-order chi connectivity index (χ1) is 22.3. The number of piperazine rings is 1. The van der Waals surface area contributed by atoms with Crippen LogP contribution in [-0.2, 0) is 23.6 Å². The number of esters is 1. The lowest BCUT2D eigenvalue weighted by Gasteiger charge is -2.36.